The van der Waals surface area contributed by atoms with Crippen molar-refractivity contribution in [3.05, 3.63) is 47.2 Å². The lowest BCUT2D eigenvalue weighted by molar-refractivity contribution is -0.132. The molecule has 1 fully saturated rings. The van der Waals surface area contributed by atoms with E-state index in [1.165, 1.54) is 5.56 Å². The van der Waals surface area contributed by atoms with E-state index in [-0.39, 0.29) is 11.9 Å². The van der Waals surface area contributed by atoms with Gasteiger partial charge in [0.15, 0.2) is 0 Å². The molecule has 2 aromatic heterocycles. The third kappa shape index (κ3) is 4.71. The summed E-state index contributed by atoms with van der Waals surface area (Å²) < 4.78 is 0. The second kappa shape index (κ2) is 9.73. The molecule has 1 unspecified atom stereocenters. The molecule has 0 saturated carbocycles. The first kappa shape index (κ1) is 21.7. The van der Waals surface area contributed by atoms with Crippen molar-refractivity contribution < 1.29 is 4.79 Å². The second-order valence-corrected chi connectivity index (χ2v) is 8.51. The predicted molar refractivity (Wildman–Crippen MR) is 122 cm³/mol. The summed E-state index contributed by atoms with van der Waals surface area (Å²) >= 11 is 0. The first-order valence-electron chi connectivity index (χ1n) is 11.6. The average Bonchev–Trinajstić information content (AvgIpc) is 3.24. The van der Waals surface area contributed by atoms with Crippen molar-refractivity contribution in [1.82, 2.24) is 24.8 Å². The van der Waals surface area contributed by atoms with Crippen LogP contribution < -0.4 is 4.90 Å². The van der Waals surface area contributed by atoms with Crippen LogP contribution in [-0.2, 0) is 17.8 Å². The van der Waals surface area contributed by atoms with Gasteiger partial charge in [-0.3, -0.25) is 14.7 Å². The van der Waals surface area contributed by atoms with Crippen molar-refractivity contribution in [2.24, 2.45) is 0 Å². The van der Waals surface area contributed by atoms with Crippen molar-refractivity contribution in [2.75, 3.05) is 37.6 Å². The molecule has 0 N–H and O–H groups in total. The molecule has 2 aliphatic heterocycles. The smallest absolute Gasteiger partial charge is 0.236 e. The third-order valence-corrected chi connectivity index (χ3v) is 6.56. The van der Waals surface area contributed by atoms with E-state index < -0.39 is 0 Å². The van der Waals surface area contributed by atoms with E-state index in [2.05, 4.69) is 27.8 Å². The van der Waals surface area contributed by atoms with E-state index in [1.54, 1.807) is 0 Å². The van der Waals surface area contributed by atoms with Gasteiger partial charge in [0.25, 0.3) is 0 Å². The van der Waals surface area contributed by atoms with E-state index in [4.69, 9.17) is 9.97 Å². The van der Waals surface area contributed by atoms with Crippen LogP contribution in [0.5, 0.6) is 0 Å². The van der Waals surface area contributed by atoms with Crippen molar-refractivity contribution >= 4 is 11.7 Å². The standard InChI is InChI=1S/C24H34N6O/c1-4-28(5-2)22(31)17-29-14-9-12-21(29)23-26-18(3)20-11-8-15-30(24(20)27-23)16-19-10-6-7-13-25-19/h6-7,10,13,21H,4-5,8-9,11-12,14-17H2,1-3H3. The van der Waals surface area contributed by atoms with Crippen LogP contribution in [0.4, 0.5) is 5.82 Å². The number of hydrogen-bond acceptors (Lipinski definition) is 6. The van der Waals surface area contributed by atoms with Gasteiger partial charge in [0.2, 0.25) is 5.91 Å². The highest BCUT2D eigenvalue weighted by molar-refractivity contribution is 5.78. The summed E-state index contributed by atoms with van der Waals surface area (Å²) in [4.78, 5) is 33.8. The van der Waals surface area contributed by atoms with E-state index >= 15 is 0 Å². The quantitative estimate of drug-likeness (QED) is 0.683. The van der Waals surface area contributed by atoms with Gasteiger partial charge in [-0.2, -0.15) is 0 Å². The van der Waals surface area contributed by atoms with E-state index in [9.17, 15) is 4.79 Å². The van der Waals surface area contributed by atoms with Crippen LogP contribution in [0.15, 0.2) is 24.4 Å². The highest BCUT2D eigenvalue weighted by Crippen LogP contribution is 2.34. The number of rotatable bonds is 7. The maximum atomic E-state index is 12.7. The zero-order valence-electron chi connectivity index (χ0n) is 19.0. The first-order chi connectivity index (χ1) is 15.1. The fraction of sp³-hybridized carbons (Fsp3) is 0.583. The largest absolute Gasteiger partial charge is 0.350 e. The lowest BCUT2D eigenvalue weighted by Crippen LogP contribution is -2.40. The summed E-state index contributed by atoms with van der Waals surface area (Å²) in [6.45, 7) is 10.8. The lowest BCUT2D eigenvalue weighted by atomic mass is 10.0. The molecule has 31 heavy (non-hydrogen) atoms. The second-order valence-electron chi connectivity index (χ2n) is 8.51. The minimum Gasteiger partial charge on any atom is -0.350 e. The van der Waals surface area contributed by atoms with Crippen LogP contribution in [0.25, 0.3) is 0 Å². The zero-order chi connectivity index (χ0) is 21.8. The number of fused-ring (bicyclic) bond motifs is 1. The van der Waals surface area contributed by atoms with Gasteiger partial charge in [0.1, 0.15) is 11.6 Å². The highest BCUT2D eigenvalue weighted by Gasteiger charge is 2.32. The van der Waals surface area contributed by atoms with Crippen LogP contribution in [-0.4, -0.2) is 63.4 Å². The van der Waals surface area contributed by atoms with Crippen LogP contribution in [0.3, 0.4) is 0 Å². The Balaban J connectivity index is 1.58. The SMILES string of the molecule is CCN(CC)C(=O)CN1CCCC1c1nc(C)c2c(n1)N(Cc1ccccn1)CCC2. The van der Waals surface area contributed by atoms with Crippen LogP contribution in [0.1, 0.15) is 61.9 Å². The molecule has 7 heteroatoms. The molecule has 0 bridgehead atoms. The summed E-state index contributed by atoms with van der Waals surface area (Å²) in [5.41, 5.74) is 3.39. The minimum atomic E-state index is 0.113. The molecule has 0 aromatic carbocycles. The average molecular weight is 423 g/mol. The Labute approximate surface area is 185 Å². The van der Waals surface area contributed by atoms with Crippen molar-refractivity contribution in [3.8, 4) is 0 Å². The molecular weight excluding hydrogens is 388 g/mol. The first-order valence-corrected chi connectivity index (χ1v) is 11.6. The van der Waals surface area contributed by atoms with Crippen LogP contribution in [0.2, 0.25) is 0 Å². The molecule has 0 aliphatic carbocycles. The van der Waals surface area contributed by atoms with Gasteiger partial charge in [0.05, 0.1) is 24.8 Å². The van der Waals surface area contributed by atoms with Gasteiger partial charge in [-0.15, -0.1) is 0 Å². The Kier molecular flexibility index (Phi) is 6.80. The number of nitrogens with zero attached hydrogens (tertiary/aromatic N) is 6. The number of likely N-dealkylation sites (N-methyl/N-ethyl adjacent to an activating group) is 1. The summed E-state index contributed by atoms with van der Waals surface area (Å²) in [7, 11) is 0. The summed E-state index contributed by atoms with van der Waals surface area (Å²) in [5.74, 6) is 2.12. The van der Waals surface area contributed by atoms with Gasteiger partial charge in [-0.05, 0) is 65.1 Å². The van der Waals surface area contributed by atoms with E-state index in [0.29, 0.717) is 6.54 Å². The van der Waals surface area contributed by atoms with Crippen LogP contribution in [0, 0.1) is 6.92 Å². The predicted octanol–water partition coefficient (Wildman–Crippen LogP) is 3.14. The van der Waals surface area contributed by atoms with E-state index in [0.717, 1.165) is 81.4 Å². The fourth-order valence-electron chi connectivity index (χ4n) is 4.86. The summed E-state index contributed by atoms with van der Waals surface area (Å²) in [5, 5.41) is 0. The van der Waals surface area contributed by atoms with Gasteiger partial charge in [0, 0.05) is 37.1 Å². The summed E-state index contributed by atoms with van der Waals surface area (Å²) in [6.07, 6.45) is 6.06. The Morgan fingerprint density at radius 3 is 2.74 bits per heavy atom. The highest BCUT2D eigenvalue weighted by atomic mass is 16.2. The third-order valence-electron chi connectivity index (χ3n) is 6.56. The topological polar surface area (TPSA) is 65.5 Å². The molecule has 1 amide bonds. The van der Waals surface area contributed by atoms with Gasteiger partial charge in [-0.25, -0.2) is 9.97 Å². The van der Waals surface area contributed by atoms with Gasteiger partial charge in [-0.1, -0.05) is 6.07 Å². The minimum absolute atomic E-state index is 0.113. The number of aryl methyl sites for hydroxylation is 1. The number of likely N-dealkylation sites (tertiary alicyclic amines) is 1. The number of pyridine rings is 1. The summed E-state index contributed by atoms with van der Waals surface area (Å²) in [6, 6.07) is 6.17. The molecule has 1 atom stereocenters. The van der Waals surface area contributed by atoms with Crippen molar-refractivity contribution in [1.29, 1.82) is 0 Å². The van der Waals surface area contributed by atoms with Gasteiger partial charge < -0.3 is 9.80 Å². The molecule has 4 rings (SSSR count). The number of amides is 1. The number of aromatic nitrogens is 3. The number of carbonyl (C=O) groups is 1. The van der Waals surface area contributed by atoms with Gasteiger partial charge >= 0.3 is 0 Å². The maximum Gasteiger partial charge on any atom is 0.236 e. The molecule has 2 aliphatic rings. The number of hydrogen-bond donors (Lipinski definition) is 0. The Hall–Kier alpha value is -2.54. The molecule has 0 radical (unpaired) electrons. The Morgan fingerprint density at radius 1 is 1.16 bits per heavy atom. The van der Waals surface area contributed by atoms with Crippen molar-refractivity contribution in [3.63, 3.8) is 0 Å². The number of anilines is 1. The monoisotopic (exact) mass is 422 g/mol. The Bertz CT molecular complexity index is 898. The molecule has 4 heterocycles. The molecule has 2 aromatic rings. The number of carbonyl (C=O) groups excluding carboxylic acids is 1. The molecular formula is C24H34N6O. The normalized spacial score (nSPS) is 18.8. The van der Waals surface area contributed by atoms with Crippen LogP contribution >= 0.6 is 0 Å². The molecule has 7 nitrogen and oxygen atoms in total. The molecule has 1 saturated heterocycles. The zero-order valence-corrected chi connectivity index (χ0v) is 19.0. The molecule has 0 spiro atoms. The maximum absolute atomic E-state index is 12.7. The Morgan fingerprint density at radius 2 is 2.00 bits per heavy atom. The molecule has 166 valence electrons. The fourth-order valence-corrected chi connectivity index (χ4v) is 4.86. The van der Waals surface area contributed by atoms with Crippen molar-refractivity contribution in [2.45, 2.75) is 59.0 Å². The van der Waals surface area contributed by atoms with E-state index in [1.807, 2.05) is 37.1 Å². The lowest BCUT2D eigenvalue weighted by Gasteiger charge is -2.32.